The van der Waals surface area contributed by atoms with Crippen LogP contribution < -0.4 is 5.32 Å². The second-order valence-electron chi connectivity index (χ2n) is 4.25. The summed E-state index contributed by atoms with van der Waals surface area (Å²) in [6, 6.07) is 12.5. The Kier molecular flexibility index (Phi) is 4.05. The van der Waals surface area contributed by atoms with Gasteiger partial charge in [0.25, 0.3) is 0 Å². The summed E-state index contributed by atoms with van der Waals surface area (Å²) < 4.78 is 13.3. The van der Waals surface area contributed by atoms with Crippen molar-refractivity contribution in [3.8, 4) is 0 Å². The maximum atomic E-state index is 13.3. The molecule has 18 heavy (non-hydrogen) atoms. The SMILES string of the molecule is CCNC(c1cccc(F)c1)c1cccc(C)n1. The molecule has 0 bridgehead atoms. The lowest BCUT2D eigenvalue weighted by Crippen LogP contribution is -2.23. The second-order valence-corrected chi connectivity index (χ2v) is 4.25. The van der Waals surface area contributed by atoms with Crippen molar-refractivity contribution in [1.82, 2.24) is 10.3 Å². The molecule has 3 heteroatoms. The first kappa shape index (κ1) is 12.7. The third kappa shape index (κ3) is 2.93. The van der Waals surface area contributed by atoms with E-state index in [2.05, 4.69) is 10.3 Å². The average Bonchev–Trinajstić information content (AvgIpc) is 2.36. The first-order valence-corrected chi connectivity index (χ1v) is 6.13. The molecule has 0 aliphatic heterocycles. The minimum atomic E-state index is -0.219. The number of aryl methyl sites for hydroxylation is 1. The molecule has 1 heterocycles. The minimum absolute atomic E-state index is 0.0643. The van der Waals surface area contributed by atoms with Crippen LogP contribution in [0.1, 0.15) is 29.9 Å². The number of aromatic nitrogens is 1. The number of rotatable bonds is 4. The molecule has 0 amide bonds. The van der Waals surface area contributed by atoms with Crippen molar-refractivity contribution >= 4 is 0 Å². The van der Waals surface area contributed by atoms with Gasteiger partial charge in [-0.15, -0.1) is 0 Å². The van der Waals surface area contributed by atoms with Crippen molar-refractivity contribution in [3.63, 3.8) is 0 Å². The average molecular weight is 244 g/mol. The molecule has 0 aliphatic rings. The lowest BCUT2D eigenvalue weighted by Gasteiger charge is -2.18. The van der Waals surface area contributed by atoms with Crippen molar-refractivity contribution < 1.29 is 4.39 Å². The summed E-state index contributed by atoms with van der Waals surface area (Å²) >= 11 is 0. The number of nitrogens with zero attached hydrogens (tertiary/aromatic N) is 1. The number of nitrogens with one attached hydrogen (secondary N) is 1. The normalized spacial score (nSPS) is 12.4. The Labute approximate surface area is 107 Å². The topological polar surface area (TPSA) is 24.9 Å². The van der Waals surface area contributed by atoms with Gasteiger partial charge in [0.05, 0.1) is 11.7 Å². The molecule has 1 N–H and O–H groups in total. The van der Waals surface area contributed by atoms with Crippen LogP contribution in [0.15, 0.2) is 42.5 Å². The van der Waals surface area contributed by atoms with E-state index in [1.54, 1.807) is 12.1 Å². The van der Waals surface area contributed by atoms with Crippen LogP contribution in [0.5, 0.6) is 0 Å². The maximum absolute atomic E-state index is 13.3. The van der Waals surface area contributed by atoms with E-state index in [0.717, 1.165) is 23.5 Å². The molecule has 0 saturated carbocycles. The van der Waals surface area contributed by atoms with E-state index in [-0.39, 0.29) is 11.9 Å². The van der Waals surface area contributed by atoms with Gasteiger partial charge in [-0.3, -0.25) is 4.98 Å². The van der Waals surface area contributed by atoms with Gasteiger partial charge in [-0.25, -0.2) is 4.39 Å². The smallest absolute Gasteiger partial charge is 0.123 e. The quantitative estimate of drug-likeness (QED) is 0.893. The van der Waals surface area contributed by atoms with Crippen LogP contribution in [-0.2, 0) is 0 Å². The molecule has 0 fully saturated rings. The summed E-state index contributed by atoms with van der Waals surface area (Å²) in [7, 11) is 0. The molecule has 1 aromatic carbocycles. The van der Waals surface area contributed by atoms with Crippen LogP contribution in [-0.4, -0.2) is 11.5 Å². The Morgan fingerprint density at radius 2 is 2.00 bits per heavy atom. The predicted molar refractivity (Wildman–Crippen MR) is 70.9 cm³/mol. The zero-order chi connectivity index (χ0) is 13.0. The Balaban J connectivity index is 2.39. The minimum Gasteiger partial charge on any atom is -0.305 e. The Hall–Kier alpha value is -1.74. The summed E-state index contributed by atoms with van der Waals surface area (Å²) in [5, 5.41) is 3.34. The molecular formula is C15H17FN2. The number of hydrogen-bond donors (Lipinski definition) is 1. The molecule has 2 nitrogen and oxygen atoms in total. The number of pyridine rings is 1. The number of hydrogen-bond acceptors (Lipinski definition) is 2. The van der Waals surface area contributed by atoms with Crippen molar-refractivity contribution in [2.24, 2.45) is 0 Å². The third-order valence-corrected chi connectivity index (χ3v) is 2.80. The predicted octanol–water partition coefficient (Wildman–Crippen LogP) is 3.23. The summed E-state index contributed by atoms with van der Waals surface area (Å²) in [5.41, 5.74) is 2.78. The summed E-state index contributed by atoms with van der Waals surface area (Å²) in [6.07, 6.45) is 0. The molecule has 1 unspecified atom stereocenters. The van der Waals surface area contributed by atoms with Crippen molar-refractivity contribution in [2.45, 2.75) is 19.9 Å². The highest BCUT2D eigenvalue weighted by Crippen LogP contribution is 2.21. The maximum Gasteiger partial charge on any atom is 0.123 e. The zero-order valence-electron chi connectivity index (χ0n) is 10.7. The van der Waals surface area contributed by atoms with Crippen LogP contribution in [0.2, 0.25) is 0 Å². The Bertz CT molecular complexity index is 480. The van der Waals surface area contributed by atoms with E-state index in [0.29, 0.717) is 0 Å². The van der Waals surface area contributed by atoms with Gasteiger partial charge >= 0.3 is 0 Å². The Morgan fingerprint density at radius 3 is 2.67 bits per heavy atom. The zero-order valence-corrected chi connectivity index (χ0v) is 10.7. The first-order valence-electron chi connectivity index (χ1n) is 6.13. The monoisotopic (exact) mass is 244 g/mol. The van der Waals surface area contributed by atoms with E-state index in [1.165, 1.54) is 6.07 Å². The van der Waals surface area contributed by atoms with E-state index >= 15 is 0 Å². The van der Waals surface area contributed by atoms with Gasteiger partial charge in [-0.1, -0.05) is 25.1 Å². The van der Waals surface area contributed by atoms with Crippen LogP contribution in [0, 0.1) is 12.7 Å². The van der Waals surface area contributed by atoms with Gasteiger partial charge in [0.15, 0.2) is 0 Å². The fourth-order valence-corrected chi connectivity index (χ4v) is 2.01. The lowest BCUT2D eigenvalue weighted by atomic mass is 10.0. The first-order chi connectivity index (χ1) is 8.70. The summed E-state index contributed by atoms with van der Waals surface area (Å²) in [5.74, 6) is -0.219. The Morgan fingerprint density at radius 1 is 1.22 bits per heavy atom. The van der Waals surface area contributed by atoms with Gasteiger partial charge in [0.1, 0.15) is 5.82 Å². The second kappa shape index (κ2) is 5.74. The van der Waals surface area contributed by atoms with E-state index in [1.807, 2.05) is 38.1 Å². The molecule has 0 radical (unpaired) electrons. The number of halogens is 1. The largest absolute Gasteiger partial charge is 0.305 e. The highest BCUT2D eigenvalue weighted by molar-refractivity contribution is 5.28. The van der Waals surface area contributed by atoms with E-state index < -0.39 is 0 Å². The molecule has 0 aliphatic carbocycles. The van der Waals surface area contributed by atoms with Crippen LogP contribution >= 0.6 is 0 Å². The summed E-state index contributed by atoms with van der Waals surface area (Å²) in [4.78, 5) is 4.51. The molecule has 0 spiro atoms. The highest BCUT2D eigenvalue weighted by Gasteiger charge is 2.14. The summed E-state index contributed by atoms with van der Waals surface area (Å²) in [6.45, 7) is 4.79. The fourth-order valence-electron chi connectivity index (χ4n) is 2.01. The molecular weight excluding hydrogens is 227 g/mol. The van der Waals surface area contributed by atoms with Gasteiger partial charge < -0.3 is 5.32 Å². The molecule has 0 saturated heterocycles. The van der Waals surface area contributed by atoms with Crippen molar-refractivity contribution in [2.75, 3.05) is 6.54 Å². The third-order valence-electron chi connectivity index (χ3n) is 2.80. The fraction of sp³-hybridized carbons (Fsp3) is 0.267. The highest BCUT2D eigenvalue weighted by atomic mass is 19.1. The number of benzene rings is 1. The standard InChI is InChI=1S/C15H17FN2/c1-3-17-15(12-7-5-8-13(16)10-12)14-9-4-6-11(2)18-14/h4-10,15,17H,3H2,1-2H3. The molecule has 2 aromatic rings. The van der Waals surface area contributed by atoms with Gasteiger partial charge in [0.2, 0.25) is 0 Å². The van der Waals surface area contributed by atoms with Crippen LogP contribution in [0.25, 0.3) is 0 Å². The van der Waals surface area contributed by atoms with Gasteiger partial charge in [-0.2, -0.15) is 0 Å². The van der Waals surface area contributed by atoms with Crippen molar-refractivity contribution in [3.05, 3.63) is 65.2 Å². The van der Waals surface area contributed by atoms with Crippen LogP contribution in [0.3, 0.4) is 0 Å². The lowest BCUT2D eigenvalue weighted by molar-refractivity contribution is 0.594. The van der Waals surface area contributed by atoms with Crippen molar-refractivity contribution in [1.29, 1.82) is 0 Å². The molecule has 1 atom stereocenters. The molecule has 94 valence electrons. The van der Waals surface area contributed by atoms with Gasteiger partial charge in [-0.05, 0) is 43.3 Å². The molecule has 1 aromatic heterocycles. The van der Waals surface area contributed by atoms with E-state index in [4.69, 9.17) is 0 Å². The molecule has 2 rings (SSSR count). The van der Waals surface area contributed by atoms with Gasteiger partial charge in [0, 0.05) is 5.69 Å². The van der Waals surface area contributed by atoms with Crippen LogP contribution in [0.4, 0.5) is 4.39 Å². The van der Waals surface area contributed by atoms with E-state index in [9.17, 15) is 4.39 Å².